The molecule has 0 unspecified atom stereocenters. The first-order valence-corrected chi connectivity index (χ1v) is 11.7. The van der Waals surface area contributed by atoms with Crippen LogP contribution in [0, 0.1) is 5.82 Å². The number of amides is 1. The minimum absolute atomic E-state index is 0.104. The van der Waals surface area contributed by atoms with Crippen LogP contribution >= 0.6 is 22.9 Å². The average molecular weight is 484 g/mol. The van der Waals surface area contributed by atoms with Gasteiger partial charge in [0, 0.05) is 24.3 Å². The number of hydrogen-bond donors (Lipinski definition) is 1. The van der Waals surface area contributed by atoms with Crippen LogP contribution in [0.3, 0.4) is 0 Å². The number of aromatic nitrogens is 3. The van der Waals surface area contributed by atoms with Crippen molar-refractivity contribution in [1.82, 2.24) is 14.8 Å². The van der Waals surface area contributed by atoms with Crippen LogP contribution in [0.5, 0.6) is 0 Å². The highest BCUT2D eigenvalue weighted by molar-refractivity contribution is 7.22. The Bertz CT molecular complexity index is 1400. The summed E-state index contributed by atoms with van der Waals surface area (Å²) in [6.07, 6.45) is 2.19. The summed E-state index contributed by atoms with van der Waals surface area (Å²) in [6.45, 7) is 1.50. The molecule has 1 N–H and O–H groups in total. The maximum absolute atomic E-state index is 13.4. The highest BCUT2D eigenvalue weighted by Gasteiger charge is 2.22. The van der Waals surface area contributed by atoms with E-state index in [1.165, 1.54) is 23.5 Å². The topological polar surface area (TPSA) is 80.1 Å². The zero-order valence-corrected chi connectivity index (χ0v) is 19.0. The van der Waals surface area contributed by atoms with Crippen LogP contribution in [-0.4, -0.2) is 33.8 Å². The van der Waals surface area contributed by atoms with Crippen molar-refractivity contribution >= 4 is 49.9 Å². The van der Waals surface area contributed by atoms with E-state index < -0.39 is 17.3 Å². The molecule has 3 heterocycles. The van der Waals surface area contributed by atoms with Gasteiger partial charge in [0.15, 0.2) is 10.6 Å². The van der Waals surface area contributed by atoms with Gasteiger partial charge in [0.1, 0.15) is 18.1 Å². The van der Waals surface area contributed by atoms with E-state index in [1.807, 2.05) is 30.3 Å². The van der Waals surface area contributed by atoms with E-state index in [4.69, 9.17) is 11.6 Å². The molecule has 7 nitrogen and oxygen atoms in total. The Hall–Kier alpha value is -3.30. The molecule has 1 aliphatic heterocycles. The summed E-state index contributed by atoms with van der Waals surface area (Å²) in [5.41, 5.74) is 1.63. The normalized spacial score (nSPS) is 13.6. The zero-order chi connectivity index (χ0) is 22.9. The van der Waals surface area contributed by atoms with Gasteiger partial charge in [-0.15, -0.1) is 0 Å². The molecule has 1 fully saturated rings. The van der Waals surface area contributed by atoms with E-state index in [-0.39, 0.29) is 11.6 Å². The lowest BCUT2D eigenvalue weighted by atomic mass is 10.1. The molecule has 0 spiro atoms. The summed E-state index contributed by atoms with van der Waals surface area (Å²) in [4.78, 5) is 32.7. The number of carbonyl (C=O) groups is 1. The molecule has 4 aromatic rings. The second-order valence-electron chi connectivity index (χ2n) is 7.72. The third-order valence-electron chi connectivity index (χ3n) is 5.41. The first-order chi connectivity index (χ1) is 16.0. The highest BCUT2D eigenvalue weighted by atomic mass is 35.5. The molecule has 1 amide bonds. The smallest absolute Gasteiger partial charge is 0.294 e. The zero-order valence-electron chi connectivity index (χ0n) is 17.4. The van der Waals surface area contributed by atoms with Crippen LogP contribution < -0.4 is 15.8 Å². The predicted molar refractivity (Wildman–Crippen MR) is 129 cm³/mol. The van der Waals surface area contributed by atoms with Crippen molar-refractivity contribution in [1.29, 1.82) is 0 Å². The van der Waals surface area contributed by atoms with Crippen molar-refractivity contribution in [2.75, 3.05) is 23.3 Å². The minimum Gasteiger partial charge on any atom is -0.348 e. The number of anilines is 2. The van der Waals surface area contributed by atoms with Gasteiger partial charge in [-0.05, 0) is 31.0 Å². The Morgan fingerprint density at radius 1 is 1.15 bits per heavy atom. The molecule has 2 aromatic carbocycles. The SMILES string of the molecule is O=C(Cn1nc(-c2ccccc2)c2sc(N3CCCC3)nc2c1=O)Nc1ccc(F)c(Cl)c1. The van der Waals surface area contributed by atoms with E-state index in [0.717, 1.165) is 47.4 Å². The summed E-state index contributed by atoms with van der Waals surface area (Å²) in [7, 11) is 0. The molecule has 1 aliphatic rings. The van der Waals surface area contributed by atoms with Gasteiger partial charge in [0.2, 0.25) is 5.91 Å². The van der Waals surface area contributed by atoms with E-state index in [0.29, 0.717) is 21.6 Å². The van der Waals surface area contributed by atoms with Gasteiger partial charge in [0.25, 0.3) is 5.56 Å². The highest BCUT2D eigenvalue weighted by Crippen LogP contribution is 2.34. The largest absolute Gasteiger partial charge is 0.348 e. The number of fused-ring (bicyclic) bond motifs is 1. The van der Waals surface area contributed by atoms with Crippen LogP contribution in [0.25, 0.3) is 21.5 Å². The summed E-state index contributed by atoms with van der Waals surface area (Å²) >= 11 is 7.24. The van der Waals surface area contributed by atoms with Gasteiger partial charge >= 0.3 is 0 Å². The number of halogens is 2. The number of carbonyl (C=O) groups excluding carboxylic acids is 1. The number of rotatable bonds is 5. The van der Waals surface area contributed by atoms with Crippen molar-refractivity contribution < 1.29 is 9.18 Å². The van der Waals surface area contributed by atoms with Gasteiger partial charge in [0.05, 0.1) is 9.72 Å². The molecule has 33 heavy (non-hydrogen) atoms. The van der Waals surface area contributed by atoms with Crippen molar-refractivity contribution in [2.45, 2.75) is 19.4 Å². The Morgan fingerprint density at radius 2 is 1.91 bits per heavy atom. The molecular weight excluding hydrogens is 465 g/mol. The number of hydrogen-bond acceptors (Lipinski definition) is 6. The Morgan fingerprint density at radius 3 is 2.64 bits per heavy atom. The molecular formula is C23H19ClFN5O2S. The molecule has 0 saturated carbocycles. The molecule has 10 heteroatoms. The van der Waals surface area contributed by atoms with E-state index >= 15 is 0 Å². The van der Waals surface area contributed by atoms with Gasteiger partial charge < -0.3 is 10.2 Å². The van der Waals surface area contributed by atoms with Crippen molar-refractivity contribution in [3.05, 3.63) is 69.7 Å². The van der Waals surface area contributed by atoms with Crippen LogP contribution in [0.2, 0.25) is 5.02 Å². The number of thiazole rings is 1. The van der Waals surface area contributed by atoms with Crippen LogP contribution in [0.4, 0.5) is 15.2 Å². The van der Waals surface area contributed by atoms with Crippen LogP contribution in [0.15, 0.2) is 53.3 Å². The lowest BCUT2D eigenvalue weighted by Gasteiger charge is -2.11. The lowest BCUT2D eigenvalue weighted by molar-refractivity contribution is -0.117. The monoisotopic (exact) mass is 483 g/mol. The Kier molecular flexibility index (Phi) is 5.82. The minimum atomic E-state index is -0.581. The standard InChI is InChI=1S/C23H19ClFN5O2S/c24-16-12-15(8-9-17(16)25)26-18(31)13-30-22(32)20-21(19(28-30)14-6-2-1-3-7-14)33-23(27-20)29-10-4-5-11-29/h1-3,6-9,12H,4-5,10-11,13H2,(H,26,31). The van der Waals surface area contributed by atoms with Gasteiger partial charge in [-0.3, -0.25) is 9.59 Å². The number of nitrogens with one attached hydrogen (secondary N) is 1. The molecule has 1 saturated heterocycles. The molecule has 0 aliphatic carbocycles. The average Bonchev–Trinajstić information content (AvgIpc) is 3.49. The van der Waals surface area contributed by atoms with Crippen LogP contribution in [-0.2, 0) is 11.3 Å². The van der Waals surface area contributed by atoms with E-state index in [9.17, 15) is 14.0 Å². The lowest BCUT2D eigenvalue weighted by Crippen LogP contribution is -2.30. The molecule has 0 atom stereocenters. The van der Waals surface area contributed by atoms with Gasteiger partial charge in [-0.1, -0.05) is 53.3 Å². The fraction of sp³-hybridized carbons (Fsp3) is 0.217. The summed E-state index contributed by atoms with van der Waals surface area (Å²) < 4.78 is 15.2. The number of benzene rings is 2. The van der Waals surface area contributed by atoms with Crippen molar-refractivity contribution in [2.24, 2.45) is 0 Å². The second-order valence-corrected chi connectivity index (χ2v) is 9.11. The van der Waals surface area contributed by atoms with Crippen LogP contribution in [0.1, 0.15) is 12.8 Å². The van der Waals surface area contributed by atoms with E-state index in [1.54, 1.807) is 0 Å². The Balaban J connectivity index is 1.54. The van der Waals surface area contributed by atoms with Crippen molar-refractivity contribution in [3.8, 4) is 11.3 Å². The summed E-state index contributed by atoms with van der Waals surface area (Å²) in [5, 5.41) is 7.85. The molecule has 5 rings (SSSR count). The van der Waals surface area contributed by atoms with Gasteiger partial charge in [-0.25, -0.2) is 14.1 Å². The van der Waals surface area contributed by atoms with Crippen molar-refractivity contribution in [3.63, 3.8) is 0 Å². The first-order valence-electron chi connectivity index (χ1n) is 10.5. The van der Waals surface area contributed by atoms with Gasteiger partial charge in [-0.2, -0.15) is 5.10 Å². The predicted octanol–water partition coefficient (Wildman–Crippen LogP) is 4.55. The molecule has 2 aromatic heterocycles. The summed E-state index contributed by atoms with van der Waals surface area (Å²) in [6, 6.07) is 13.4. The molecule has 0 radical (unpaired) electrons. The first kappa shape index (κ1) is 21.5. The second kappa shape index (κ2) is 8.92. The third-order valence-corrected chi connectivity index (χ3v) is 6.82. The number of nitrogens with zero attached hydrogens (tertiary/aromatic N) is 4. The quantitative estimate of drug-likeness (QED) is 0.450. The maximum atomic E-state index is 13.4. The molecule has 168 valence electrons. The third kappa shape index (κ3) is 4.34. The van der Waals surface area contributed by atoms with E-state index in [2.05, 4.69) is 20.3 Å². The molecule has 0 bridgehead atoms. The Labute approximate surface area is 197 Å². The summed E-state index contributed by atoms with van der Waals surface area (Å²) in [5.74, 6) is -1.07. The maximum Gasteiger partial charge on any atom is 0.294 e. The fourth-order valence-corrected chi connectivity index (χ4v) is 5.09. The fourth-order valence-electron chi connectivity index (χ4n) is 3.79.